The Labute approximate surface area is 139 Å². The Bertz CT molecular complexity index is 787. The van der Waals surface area contributed by atoms with Crippen molar-refractivity contribution in [2.75, 3.05) is 13.6 Å². The van der Waals surface area contributed by atoms with Gasteiger partial charge in [-0.25, -0.2) is 4.79 Å². The van der Waals surface area contributed by atoms with Gasteiger partial charge in [-0.2, -0.15) is 0 Å². The Kier molecular flexibility index (Phi) is 2.61. The molecule has 0 aromatic carbocycles. The average molecular weight is 329 g/mol. The molecule has 2 bridgehead atoms. The number of aliphatic hydroxyl groups excluding tert-OH is 1. The van der Waals surface area contributed by atoms with Crippen molar-refractivity contribution in [2.45, 2.75) is 36.9 Å². The maximum atomic E-state index is 11.8. The number of carbonyl (C=O) groups excluding carboxylic acids is 1. The Morgan fingerprint density at radius 2 is 2.17 bits per heavy atom. The zero-order valence-electron chi connectivity index (χ0n) is 13.3. The largest absolute Gasteiger partial charge is 0.485 e. The van der Waals surface area contributed by atoms with Crippen molar-refractivity contribution in [3.63, 3.8) is 0 Å². The maximum Gasteiger partial charge on any atom is 0.226 e. The van der Waals surface area contributed by atoms with Gasteiger partial charge in [0.1, 0.15) is 18.1 Å². The molecule has 1 saturated carbocycles. The number of aliphatic hydroxyl groups is 3. The van der Waals surface area contributed by atoms with E-state index in [0.29, 0.717) is 11.1 Å². The van der Waals surface area contributed by atoms with Crippen LogP contribution in [-0.4, -0.2) is 63.8 Å². The highest BCUT2D eigenvalue weighted by Gasteiger charge is 2.68. The van der Waals surface area contributed by atoms with Gasteiger partial charge in [-0.3, -0.25) is 4.90 Å². The summed E-state index contributed by atoms with van der Waals surface area (Å²) in [6.07, 6.45) is 4.69. The number of hydrogen-bond acceptors (Lipinski definition) is 6. The summed E-state index contributed by atoms with van der Waals surface area (Å²) in [6.45, 7) is 0.737. The number of rotatable bonds is 0. The van der Waals surface area contributed by atoms with Gasteiger partial charge in [0.25, 0.3) is 0 Å². The Balaban J connectivity index is 1.85. The first kappa shape index (κ1) is 14.6. The summed E-state index contributed by atoms with van der Waals surface area (Å²) in [5.41, 5.74) is 1.44. The van der Waals surface area contributed by atoms with Crippen molar-refractivity contribution in [1.29, 1.82) is 0 Å². The molecular formula is C18H19NO5. The molecule has 2 heterocycles. The molecule has 2 fully saturated rings. The van der Waals surface area contributed by atoms with Gasteiger partial charge in [-0.05, 0) is 25.6 Å². The minimum atomic E-state index is -2.10. The molecular weight excluding hydrogens is 310 g/mol. The van der Waals surface area contributed by atoms with Gasteiger partial charge in [0.15, 0.2) is 5.76 Å². The van der Waals surface area contributed by atoms with Crippen molar-refractivity contribution in [1.82, 2.24) is 4.90 Å². The normalized spacial score (nSPS) is 44.7. The molecule has 6 nitrogen and oxygen atoms in total. The summed E-state index contributed by atoms with van der Waals surface area (Å²) in [5, 5.41) is 31.3. The highest BCUT2D eigenvalue weighted by Crippen LogP contribution is 2.66. The highest BCUT2D eigenvalue weighted by molar-refractivity contribution is 5.74. The monoisotopic (exact) mass is 329 g/mol. The number of hydrogen-bond donors (Lipinski definition) is 3. The molecule has 3 N–H and O–H groups in total. The summed E-state index contributed by atoms with van der Waals surface area (Å²) in [7, 11) is 1.99. The average Bonchev–Trinajstić information content (AvgIpc) is 2.90. The third kappa shape index (κ3) is 1.41. The highest BCUT2D eigenvalue weighted by atomic mass is 16.6. The van der Waals surface area contributed by atoms with Crippen molar-refractivity contribution in [3.8, 4) is 0 Å². The van der Waals surface area contributed by atoms with Gasteiger partial charge in [0.2, 0.25) is 5.79 Å². The molecule has 0 radical (unpaired) electrons. The minimum Gasteiger partial charge on any atom is -0.485 e. The number of ether oxygens (including phenoxy) is 1. The lowest BCUT2D eigenvalue weighted by atomic mass is 9.50. The van der Waals surface area contributed by atoms with Crippen LogP contribution in [0.4, 0.5) is 0 Å². The fraction of sp³-hybridized carbons (Fsp3) is 0.556. The first-order chi connectivity index (χ1) is 11.4. The van der Waals surface area contributed by atoms with Crippen LogP contribution in [0.25, 0.3) is 0 Å². The lowest BCUT2D eigenvalue weighted by molar-refractivity contribution is -0.170. The van der Waals surface area contributed by atoms with E-state index in [0.717, 1.165) is 18.5 Å². The predicted molar refractivity (Wildman–Crippen MR) is 83.1 cm³/mol. The number of likely N-dealkylation sites (N-methyl/N-ethyl adjacent to an activating group) is 1. The minimum absolute atomic E-state index is 0.0419. The van der Waals surface area contributed by atoms with Crippen molar-refractivity contribution < 1.29 is 24.9 Å². The molecule has 1 saturated heterocycles. The molecule has 24 heavy (non-hydrogen) atoms. The standard InChI is InChI=1S/C18H19NO5/c1-19-7-6-17-11-2-3-12(21)15(17)24-16-13(17)9(4-5-18(16,22)23)10(8-20)14(11)19/h2-4,11-12,14-15,21-23H,5-7H2,1H3/t11-,12-,14+,15-,17-/m0/s1. The van der Waals surface area contributed by atoms with E-state index in [1.54, 1.807) is 12.2 Å². The second kappa shape index (κ2) is 4.28. The third-order valence-electron chi connectivity index (χ3n) is 6.48. The van der Waals surface area contributed by atoms with Crippen LogP contribution < -0.4 is 0 Å². The van der Waals surface area contributed by atoms with Gasteiger partial charge < -0.3 is 20.1 Å². The van der Waals surface area contributed by atoms with Gasteiger partial charge in [-0.15, -0.1) is 0 Å². The fourth-order valence-electron chi connectivity index (χ4n) is 5.50. The zero-order chi connectivity index (χ0) is 16.9. The van der Waals surface area contributed by atoms with Crippen molar-refractivity contribution >= 4 is 5.94 Å². The lowest BCUT2D eigenvalue weighted by Crippen LogP contribution is -2.63. The molecule has 1 spiro atoms. The quantitative estimate of drug-likeness (QED) is 0.320. The van der Waals surface area contributed by atoms with E-state index in [1.165, 1.54) is 0 Å². The van der Waals surface area contributed by atoms with E-state index in [2.05, 4.69) is 10.8 Å². The Morgan fingerprint density at radius 3 is 2.92 bits per heavy atom. The molecule has 126 valence electrons. The van der Waals surface area contributed by atoms with E-state index in [9.17, 15) is 20.1 Å². The Hall–Kier alpha value is -1.69. The van der Waals surface area contributed by atoms with Crippen LogP contribution in [0.5, 0.6) is 0 Å². The summed E-state index contributed by atoms with van der Waals surface area (Å²) in [5.74, 6) is 0.0550. The van der Waals surface area contributed by atoms with Crippen molar-refractivity contribution in [2.24, 2.45) is 11.3 Å². The Morgan fingerprint density at radius 1 is 1.38 bits per heavy atom. The van der Waals surface area contributed by atoms with Gasteiger partial charge in [0, 0.05) is 23.3 Å². The van der Waals surface area contributed by atoms with Crippen LogP contribution in [0, 0.1) is 11.3 Å². The molecule has 5 rings (SSSR count). The lowest BCUT2D eigenvalue weighted by Gasteiger charge is -2.58. The molecule has 0 aromatic heterocycles. The molecule has 3 aliphatic carbocycles. The van der Waals surface area contributed by atoms with E-state index < -0.39 is 23.4 Å². The van der Waals surface area contributed by atoms with Crippen LogP contribution in [-0.2, 0) is 9.53 Å². The molecule has 5 atom stereocenters. The molecule has 0 unspecified atom stereocenters. The summed E-state index contributed by atoms with van der Waals surface area (Å²) >= 11 is 0. The number of likely N-dealkylation sites (tertiary alicyclic amines) is 1. The van der Waals surface area contributed by atoms with E-state index in [4.69, 9.17) is 4.74 Å². The first-order valence-corrected chi connectivity index (χ1v) is 8.31. The van der Waals surface area contributed by atoms with E-state index >= 15 is 0 Å². The molecule has 6 heteroatoms. The SMILES string of the molecule is CN1CC[C@]23C4=C5O[C@H]2[C@@H](O)C=C[C@H]3[C@H]1C(=C=O)C4=CCC5(O)O. The van der Waals surface area contributed by atoms with Crippen LogP contribution >= 0.6 is 0 Å². The van der Waals surface area contributed by atoms with Crippen LogP contribution in [0.3, 0.4) is 0 Å². The molecule has 0 amide bonds. The molecule has 5 aliphatic rings. The predicted octanol–water partition coefficient (Wildman–Crippen LogP) is -0.341. The van der Waals surface area contributed by atoms with Crippen molar-refractivity contribution in [3.05, 3.63) is 40.7 Å². The van der Waals surface area contributed by atoms with E-state index in [-0.39, 0.29) is 24.1 Å². The topological polar surface area (TPSA) is 90.2 Å². The van der Waals surface area contributed by atoms with Crippen LogP contribution in [0.2, 0.25) is 0 Å². The molecule has 2 aliphatic heterocycles. The van der Waals surface area contributed by atoms with Crippen LogP contribution in [0.1, 0.15) is 12.8 Å². The smallest absolute Gasteiger partial charge is 0.226 e. The third-order valence-corrected chi connectivity index (χ3v) is 6.48. The van der Waals surface area contributed by atoms with E-state index in [1.807, 2.05) is 13.1 Å². The number of nitrogens with zero attached hydrogens (tertiary/aromatic N) is 1. The van der Waals surface area contributed by atoms with Crippen LogP contribution in [0.15, 0.2) is 40.7 Å². The summed E-state index contributed by atoms with van der Waals surface area (Å²) in [4.78, 5) is 13.9. The van der Waals surface area contributed by atoms with Gasteiger partial charge in [0.05, 0.1) is 11.6 Å². The summed E-state index contributed by atoms with van der Waals surface area (Å²) < 4.78 is 5.96. The van der Waals surface area contributed by atoms with Gasteiger partial charge >= 0.3 is 0 Å². The first-order valence-electron chi connectivity index (χ1n) is 8.31. The second-order valence-corrected chi connectivity index (χ2v) is 7.51. The maximum absolute atomic E-state index is 11.8. The fourth-order valence-corrected chi connectivity index (χ4v) is 5.50. The second-order valence-electron chi connectivity index (χ2n) is 7.51. The van der Waals surface area contributed by atoms with Gasteiger partial charge in [-0.1, -0.05) is 18.2 Å². The summed E-state index contributed by atoms with van der Waals surface area (Å²) in [6, 6.07) is -0.134. The zero-order valence-corrected chi connectivity index (χ0v) is 13.3. The molecule has 0 aromatic rings. The number of piperidine rings is 1.